The average molecular weight is 262 g/mol. The van der Waals surface area contributed by atoms with E-state index < -0.39 is 6.04 Å². The molecular weight excluding hydrogens is 240 g/mol. The first-order valence-electron chi connectivity index (χ1n) is 6.93. The summed E-state index contributed by atoms with van der Waals surface area (Å²) in [6.45, 7) is 1.15. The van der Waals surface area contributed by atoms with Crippen molar-refractivity contribution in [1.82, 2.24) is 4.90 Å². The number of nitrogens with zero attached hydrogens (tertiary/aromatic N) is 1. The molecule has 0 saturated carbocycles. The number of aryl methyl sites for hydroxylation is 1. The number of rotatable bonds is 4. The maximum Gasteiger partial charge on any atom is 0.239 e. The molecule has 1 aromatic rings. The number of aliphatic hydroxyl groups is 1. The van der Waals surface area contributed by atoms with Crippen LogP contribution in [0.1, 0.15) is 24.8 Å². The van der Waals surface area contributed by atoms with Crippen LogP contribution >= 0.6 is 0 Å². The number of carbonyl (C=O) groups excluding carboxylic acids is 1. The van der Waals surface area contributed by atoms with Crippen molar-refractivity contribution in [2.75, 3.05) is 13.1 Å². The van der Waals surface area contributed by atoms with Crippen molar-refractivity contribution in [1.29, 1.82) is 0 Å². The summed E-state index contributed by atoms with van der Waals surface area (Å²) in [5.74, 6) is -0.0327. The van der Waals surface area contributed by atoms with Crippen molar-refractivity contribution < 1.29 is 9.90 Å². The van der Waals surface area contributed by atoms with Gasteiger partial charge in [0.15, 0.2) is 0 Å². The number of piperidine rings is 1. The second-order valence-corrected chi connectivity index (χ2v) is 5.21. The SMILES string of the molecule is NC(CCc1ccccc1)C(=O)N1CCCC(O)C1. The third-order valence-corrected chi connectivity index (χ3v) is 3.61. The Bertz CT molecular complexity index is 408. The van der Waals surface area contributed by atoms with Crippen LogP contribution in [-0.4, -0.2) is 41.1 Å². The number of hydrogen-bond acceptors (Lipinski definition) is 3. The number of aliphatic hydroxyl groups excluding tert-OH is 1. The fourth-order valence-corrected chi connectivity index (χ4v) is 2.48. The van der Waals surface area contributed by atoms with Gasteiger partial charge in [0.1, 0.15) is 0 Å². The Morgan fingerprint density at radius 2 is 2.16 bits per heavy atom. The van der Waals surface area contributed by atoms with E-state index in [0.717, 1.165) is 25.8 Å². The fraction of sp³-hybridized carbons (Fsp3) is 0.533. The predicted molar refractivity (Wildman–Crippen MR) is 74.6 cm³/mol. The normalized spacial score (nSPS) is 21.2. The molecule has 0 aliphatic carbocycles. The molecule has 4 heteroatoms. The zero-order chi connectivity index (χ0) is 13.7. The second-order valence-electron chi connectivity index (χ2n) is 5.21. The molecule has 1 aliphatic rings. The molecule has 1 heterocycles. The summed E-state index contributed by atoms with van der Waals surface area (Å²) < 4.78 is 0. The van der Waals surface area contributed by atoms with E-state index >= 15 is 0 Å². The molecule has 1 fully saturated rings. The molecule has 0 aromatic heterocycles. The van der Waals surface area contributed by atoms with E-state index in [9.17, 15) is 9.90 Å². The zero-order valence-corrected chi connectivity index (χ0v) is 11.2. The van der Waals surface area contributed by atoms with E-state index in [2.05, 4.69) is 0 Å². The van der Waals surface area contributed by atoms with Crippen molar-refractivity contribution in [3.63, 3.8) is 0 Å². The molecule has 1 aromatic carbocycles. The molecule has 2 atom stereocenters. The first kappa shape index (κ1) is 14.0. The lowest BCUT2D eigenvalue weighted by atomic mass is 10.0. The molecule has 2 rings (SSSR count). The smallest absolute Gasteiger partial charge is 0.239 e. The molecule has 19 heavy (non-hydrogen) atoms. The zero-order valence-electron chi connectivity index (χ0n) is 11.2. The van der Waals surface area contributed by atoms with E-state index in [4.69, 9.17) is 5.73 Å². The Hall–Kier alpha value is -1.39. The monoisotopic (exact) mass is 262 g/mol. The molecular formula is C15H22N2O2. The van der Waals surface area contributed by atoms with E-state index in [1.165, 1.54) is 5.56 Å². The lowest BCUT2D eigenvalue weighted by molar-refractivity contribution is -0.135. The molecule has 2 unspecified atom stereocenters. The highest BCUT2D eigenvalue weighted by molar-refractivity contribution is 5.81. The van der Waals surface area contributed by atoms with Crippen molar-refractivity contribution in [2.24, 2.45) is 5.73 Å². The molecule has 0 radical (unpaired) electrons. The first-order valence-corrected chi connectivity index (χ1v) is 6.93. The molecule has 3 N–H and O–H groups in total. The average Bonchev–Trinajstić information content (AvgIpc) is 2.45. The van der Waals surface area contributed by atoms with Crippen molar-refractivity contribution in [3.8, 4) is 0 Å². The van der Waals surface area contributed by atoms with Crippen LogP contribution in [0.25, 0.3) is 0 Å². The van der Waals surface area contributed by atoms with Crippen molar-refractivity contribution in [2.45, 2.75) is 37.8 Å². The lowest BCUT2D eigenvalue weighted by Gasteiger charge is -2.32. The van der Waals surface area contributed by atoms with Crippen molar-refractivity contribution >= 4 is 5.91 Å². The Balaban J connectivity index is 1.82. The first-order chi connectivity index (χ1) is 9.16. The Labute approximate surface area is 114 Å². The van der Waals surface area contributed by atoms with Crippen LogP contribution in [0.3, 0.4) is 0 Å². The maximum absolute atomic E-state index is 12.2. The van der Waals surface area contributed by atoms with Gasteiger partial charge in [-0.25, -0.2) is 0 Å². The molecule has 4 nitrogen and oxygen atoms in total. The Morgan fingerprint density at radius 3 is 2.84 bits per heavy atom. The van der Waals surface area contributed by atoms with Gasteiger partial charge in [-0.1, -0.05) is 30.3 Å². The van der Waals surface area contributed by atoms with Crippen LogP contribution in [0, 0.1) is 0 Å². The van der Waals surface area contributed by atoms with E-state index in [-0.39, 0.29) is 12.0 Å². The summed E-state index contributed by atoms with van der Waals surface area (Å²) in [5.41, 5.74) is 7.17. The van der Waals surface area contributed by atoms with Crippen LogP contribution in [-0.2, 0) is 11.2 Å². The summed E-state index contributed by atoms with van der Waals surface area (Å²) >= 11 is 0. The summed E-state index contributed by atoms with van der Waals surface area (Å²) in [6, 6.07) is 9.58. The molecule has 1 saturated heterocycles. The number of benzene rings is 1. The van der Waals surface area contributed by atoms with Crippen LogP contribution in [0.15, 0.2) is 30.3 Å². The van der Waals surface area contributed by atoms with Crippen LogP contribution in [0.2, 0.25) is 0 Å². The maximum atomic E-state index is 12.2. The van der Waals surface area contributed by atoms with Crippen LogP contribution in [0.5, 0.6) is 0 Å². The Kier molecular flexibility index (Phi) is 4.93. The van der Waals surface area contributed by atoms with Gasteiger partial charge in [0.25, 0.3) is 0 Å². The lowest BCUT2D eigenvalue weighted by Crippen LogP contribution is -2.49. The summed E-state index contributed by atoms with van der Waals surface area (Å²) in [5, 5.41) is 9.58. The standard InChI is InChI=1S/C15H22N2O2/c16-14(9-8-12-5-2-1-3-6-12)15(19)17-10-4-7-13(18)11-17/h1-3,5-6,13-14,18H,4,7-11,16H2. The van der Waals surface area contributed by atoms with Crippen LogP contribution in [0.4, 0.5) is 0 Å². The molecule has 104 valence electrons. The fourth-order valence-electron chi connectivity index (χ4n) is 2.48. The minimum Gasteiger partial charge on any atom is -0.391 e. The number of nitrogens with two attached hydrogens (primary N) is 1. The summed E-state index contributed by atoms with van der Waals surface area (Å²) in [6.07, 6.45) is 2.71. The molecule has 0 spiro atoms. The van der Waals surface area contributed by atoms with Gasteiger partial charge in [0.2, 0.25) is 5.91 Å². The van der Waals surface area contributed by atoms with Gasteiger partial charge >= 0.3 is 0 Å². The third kappa shape index (κ3) is 4.04. The number of hydrogen-bond donors (Lipinski definition) is 2. The van der Waals surface area contributed by atoms with Crippen LogP contribution < -0.4 is 5.73 Å². The van der Waals surface area contributed by atoms with Gasteiger partial charge in [0.05, 0.1) is 12.1 Å². The number of β-amino-alcohol motifs (C(OH)–C–C–N with tert-alkyl or cyclic N) is 1. The van der Waals surface area contributed by atoms with Gasteiger partial charge in [-0.15, -0.1) is 0 Å². The summed E-state index contributed by atoms with van der Waals surface area (Å²) in [7, 11) is 0. The van der Waals surface area contributed by atoms with Crippen molar-refractivity contribution in [3.05, 3.63) is 35.9 Å². The van der Waals surface area contributed by atoms with E-state index in [0.29, 0.717) is 13.0 Å². The quantitative estimate of drug-likeness (QED) is 0.848. The number of likely N-dealkylation sites (tertiary alicyclic amines) is 1. The van der Waals surface area contributed by atoms with Gasteiger partial charge in [-0.2, -0.15) is 0 Å². The van der Waals surface area contributed by atoms with Gasteiger partial charge in [0, 0.05) is 13.1 Å². The summed E-state index contributed by atoms with van der Waals surface area (Å²) in [4.78, 5) is 13.9. The topological polar surface area (TPSA) is 66.6 Å². The highest BCUT2D eigenvalue weighted by Crippen LogP contribution is 2.12. The largest absolute Gasteiger partial charge is 0.391 e. The minimum atomic E-state index is -0.467. The van der Waals surface area contributed by atoms with Gasteiger partial charge < -0.3 is 15.7 Å². The number of carbonyl (C=O) groups is 1. The molecule has 1 amide bonds. The second kappa shape index (κ2) is 6.68. The van der Waals surface area contributed by atoms with E-state index in [1.807, 2.05) is 30.3 Å². The highest BCUT2D eigenvalue weighted by Gasteiger charge is 2.25. The third-order valence-electron chi connectivity index (χ3n) is 3.61. The highest BCUT2D eigenvalue weighted by atomic mass is 16.3. The molecule has 1 aliphatic heterocycles. The minimum absolute atomic E-state index is 0.0327. The number of amides is 1. The Morgan fingerprint density at radius 1 is 1.42 bits per heavy atom. The predicted octanol–water partition coefficient (Wildman–Crippen LogP) is 0.930. The van der Waals surface area contributed by atoms with E-state index in [1.54, 1.807) is 4.90 Å². The van der Waals surface area contributed by atoms with Gasteiger partial charge in [-0.3, -0.25) is 4.79 Å². The molecule has 0 bridgehead atoms. The van der Waals surface area contributed by atoms with Gasteiger partial charge in [-0.05, 0) is 31.2 Å².